The van der Waals surface area contributed by atoms with Gasteiger partial charge in [0.2, 0.25) is 0 Å². The third kappa shape index (κ3) is 4.70. The number of anilines is 1. The number of alkyl halides is 3. The highest BCUT2D eigenvalue weighted by Crippen LogP contribution is 2.33. The Balaban J connectivity index is 2.19. The summed E-state index contributed by atoms with van der Waals surface area (Å²) in [5.41, 5.74) is 0.270. The Hall–Kier alpha value is -1.24. The molecular formula is C13H14BrF3N2O. The minimum atomic E-state index is -4.72. The monoisotopic (exact) mass is 350 g/mol. The third-order valence-electron chi connectivity index (χ3n) is 2.82. The maximum atomic E-state index is 12.4. The Labute approximate surface area is 123 Å². The highest BCUT2D eigenvalue weighted by atomic mass is 79.9. The SMILES string of the molecule is FC(F)(F)Oc1cc(Br)ccc1NC1=NCCCCC1. The quantitative estimate of drug-likeness (QED) is 0.836. The van der Waals surface area contributed by atoms with Gasteiger partial charge < -0.3 is 10.1 Å². The number of nitrogens with one attached hydrogen (secondary N) is 1. The first kappa shape index (κ1) is 15.2. The van der Waals surface area contributed by atoms with Crippen LogP contribution in [-0.2, 0) is 0 Å². The zero-order valence-electron chi connectivity index (χ0n) is 10.6. The maximum Gasteiger partial charge on any atom is 0.573 e. The average Bonchev–Trinajstić information content (AvgIpc) is 2.59. The Morgan fingerprint density at radius 1 is 1.20 bits per heavy atom. The van der Waals surface area contributed by atoms with Crippen LogP contribution in [0.5, 0.6) is 5.75 Å². The van der Waals surface area contributed by atoms with Gasteiger partial charge in [0, 0.05) is 17.4 Å². The fraction of sp³-hybridized carbons (Fsp3) is 0.462. The van der Waals surface area contributed by atoms with Crippen molar-refractivity contribution in [2.24, 2.45) is 4.99 Å². The lowest BCUT2D eigenvalue weighted by Gasteiger charge is -2.15. The molecule has 0 aliphatic carbocycles. The lowest BCUT2D eigenvalue weighted by atomic mass is 10.2. The van der Waals surface area contributed by atoms with Crippen LogP contribution in [0.25, 0.3) is 0 Å². The zero-order chi connectivity index (χ0) is 14.6. The summed E-state index contributed by atoms with van der Waals surface area (Å²) in [6, 6.07) is 4.48. The lowest BCUT2D eigenvalue weighted by Crippen LogP contribution is -2.19. The van der Waals surface area contributed by atoms with Crippen molar-refractivity contribution in [3.8, 4) is 5.75 Å². The molecule has 7 heteroatoms. The van der Waals surface area contributed by atoms with Crippen LogP contribution in [0.15, 0.2) is 27.7 Å². The number of ether oxygens (including phenoxy) is 1. The molecule has 1 aliphatic heterocycles. The van der Waals surface area contributed by atoms with Gasteiger partial charge in [0.05, 0.1) is 5.69 Å². The summed E-state index contributed by atoms with van der Waals surface area (Å²) in [4.78, 5) is 4.34. The van der Waals surface area contributed by atoms with Gasteiger partial charge >= 0.3 is 6.36 Å². The Bertz CT molecular complexity index is 503. The summed E-state index contributed by atoms with van der Waals surface area (Å²) in [5.74, 6) is 0.440. The number of aliphatic imine (C=N–C) groups is 1. The molecule has 1 aromatic carbocycles. The molecule has 3 nitrogen and oxygen atoms in total. The molecule has 1 N–H and O–H groups in total. The van der Waals surface area contributed by atoms with Gasteiger partial charge in [0.15, 0.2) is 5.75 Å². The molecule has 0 spiro atoms. The number of nitrogens with zero attached hydrogens (tertiary/aromatic N) is 1. The molecule has 0 amide bonds. The van der Waals surface area contributed by atoms with E-state index < -0.39 is 6.36 Å². The van der Waals surface area contributed by atoms with Gasteiger partial charge in [-0.3, -0.25) is 4.99 Å². The highest BCUT2D eigenvalue weighted by molar-refractivity contribution is 9.10. The van der Waals surface area contributed by atoms with Crippen molar-refractivity contribution in [3.05, 3.63) is 22.7 Å². The van der Waals surface area contributed by atoms with E-state index in [1.165, 1.54) is 6.07 Å². The van der Waals surface area contributed by atoms with Gasteiger partial charge in [-0.2, -0.15) is 0 Å². The molecule has 0 fully saturated rings. The van der Waals surface area contributed by atoms with Crippen LogP contribution in [0.3, 0.4) is 0 Å². The Morgan fingerprint density at radius 3 is 2.75 bits per heavy atom. The molecule has 20 heavy (non-hydrogen) atoms. The van der Waals surface area contributed by atoms with Gasteiger partial charge in [-0.1, -0.05) is 22.4 Å². The molecule has 0 atom stereocenters. The number of rotatable bonds is 2. The summed E-state index contributed by atoms with van der Waals surface area (Å²) in [7, 11) is 0. The Morgan fingerprint density at radius 2 is 2.00 bits per heavy atom. The van der Waals surface area contributed by atoms with Crippen LogP contribution >= 0.6 is 15.9 Å². The summed E-state index contributed by atoms with van der Waals surface area (Å²) >= 11 is 3.14. The molecular weight excluding hydrogens is 337 g/mol. The van der Waals surface area contributed by atoms with Crippen molar-refractivity contribution in [1.82, 2.24) is 0 Å². The van der Waals surface area contributed by atoms with E-state index in [2.05, 4.69) is 31.0 Å². The molecule has 1 heterocycles. The molecule has 0 saturated heterocycles. The maximum absolute atomic E-state index is 12.4. The van der Waals surface area contributed by atoms with Gasteiger partial charge in [-0.25, -0.2) is 0 Å². The summed E-state index contributed by atoms with van der Waals surface area (Å²) in [6.45, 7) is 0.703. The molecule has 0 unspecified atom stereocenters. The van der Waals surface area contributed by atoms with Gasteiger partial charge in [0.1, 0.15) is 5.84 Å². The second-order valence-corrected chi connectivity index (χ2v) is 5.37. The van der Waals surface area contributed by atoms with Crippen molar-refractivity contribution < 1.29 is 17.9 Å². The van der Waals surface area contributed by atoms with E-state index >= 15 is 0 Å². The minimum Gasteiger partial charge on any atom is -0.404 e. The van der Waals surface area contributed by atoms with Crippen LogP contribution < -0.4 is 10.1 Å². The number of amidine groups is 1. The highest BCUT2D eigenvalue weighted by Gasteiger charge is 2.32. The smallest absolute Gasteiger partial charge is 0.404 e. The van der Waals surface area contributed by atoms with Crippen molar-refractivity contribution in [2.75, 3.05) is 11.9 Å². The molecule has 110 valence electrons. The fourth-order valence-corrected chi connectivity index (χ4v) is 2.28. The molecule has 0 aromatic heterocycles. The van der Waals surface area contributed by atoms with E-state index in [0.29, 0.717) is 16.9 Å². The minimum absolute atomic E-state index is 0.265. The third-order valence-corrected chi connectivity index (χ3v) is 3.32. The summed E-state index contributed by atoms with van der Waals surface area (Å²) < 4.78 is 41.8. The van der Waals surface area contributed by atoms with Crippen LogP contribution in [0.4, 0.5) is 18.9 Å². The lowest BCUT2D eigenvalue weighted by molar-refractivity contribution is -0.274. The molecule has 0 bridgehead atoms. The second-order valence-electron chi connectivity index (χ2n) is 4.45. The first-order chi connectivity index (χ1) is 9.44. The van der Waals surface area contributed by atoms with Crippen molar-refractivity contribution in [1.29, 1.82) is 0 Å². The number of hydrogen-bond donors (Lipinski definition) is 1. The molecule has 0 saturated carbocycles. The second kappa shape index (κ2) is 6.47. The summed E-state index contributed by atoms with van der Waals surface area (Å²) in [5, 5.41) is 2.94. The molecule has 1 aromatic rings. The van der Waals surface area contributed by atoms with Gasteiger partial charge in [-0.15, -0.1) is 13.2 Å². The van der Waals surface area contributed by atoms with Crippen LogP contribution in [0.1, 0.15) is 25.7 Å². The number of hydrogen-bond acceptors (Lipinski definition) is 3. The molecule has 0 radical (unpaired) electrons. The van der Waals surface area contributed by atoms with Crippen LogP contribution in [0.2, 0.25) is 0 Å². The van der Waals surface area contributed by atoms with Crippen LogP contribution in [0, 0.1) is 0 Å². The predicted octanol–water partition coefficient (Wildman–Crippen LogP) is 4.73. The topological polar surface area (TPSA) is 33.6 Å². The van der Waals surface area contributed by atoms with Crippen molar-refractivity contribution in [2.45, 2.75) is 32.0 Å². The van der Waals surface area contributed by atoms with E-state index in [9.17, 15) is 13.2 Å². The number of benzene rings is 1. The first-order valence-corrected chi connectivity index (χ1v) is 7.09. The standard InChI is InChI=1S/C13H14BrF3N2O/c14-9-5-6-10(11(8-9)20-13(15,16)17)19-12-4-2-1-3-7-18-12/h5-6,8H,1-4,7H2,(H,18,19). The molecule has 2 rings (SSSR count). The van der Waals surface area contributed by atoms with E-state index in [1.54, 1.807) is 12.1 Å². The normalized spacial score (nSPS) is 16.3. The van der Waals surface area contributed by atoms with Crippen molar-refractivity contribution in [3.63, 3.8) is 0 Å². The average molecular weight is 351 g/mol. The first-order valence-electron chi connectivity index (χ1n) is 6.30. The number of halogens is 4. The largest absolute Gasteiger partial charge is 0.573 e. The van der Waals surface area contributed by atoms with Gasteiger partial charge in [-0.05, 0) is 31.0 Å². The van der Waals surface area contributed by atoms with Gasteiger partial charge in [0.25, 0.3) is 0 Å². The van der Waals surface area contributed by atoms with E-state index in [4.69, 9.17) is 0 Å². The fourth-order valence-electron chi connectivity index (χ4n) is 1.94. The zero-order valence-corrected chi connectivity index (χ0v) is 12.2. The van der Waals surface area contributed by atoms with E-state index in [-0.39, 0.29) is 11.4 Å². The van der Waals surface area contributed by atoms with Crippen molar-refractivity contribution >= 4 is 27.5 Å². The van der Waals surface area contributed by atoms with E-state index in [0.717, 1.165) is 25.7 Å². The van der Waals surface area contributed by atoms with E-state index in [1.807, 2.05) is 0 Å². The molecule has 1 aliphatic rings. The predicted molar refractivity (Wildman–Crippen MR) is 75.2 cm³/mol. The van der Waals surface area contributed by atoms with Crippen LogP contribution in [-0.4, -0.2) is 18.7 Å². The summed E-state index contributed by atoms with van der Waals surface area (Å²) in [6.07, 6.45) is -0.903. The Kier molecular flexibility index (Phi) is 4.91.